The van der Waals surface area contributed by atoms with E-state index in [0.29, 0.717) is 12.6 Å². The lowest BCUT2D eigenvalue weighted by Crippen LogP contribution is -2.43. The minimum Gasteiger partial charge on any atom is -0.396 e. The molecule has 1 aliphatic rings. The summed E-state index contributed by atoms with van der Waals surface area (Å²) in [5.41, 5.74) is 0. The van der Waals surface area contributed by atoms with Crippen molar-refractivity contribution in [1.29, 1.82) is 0 Å². The van der Waals surface area contributed by atoms with Gasteiger partial charge in [0.15, 0.2) is 0 Å². The Morgan fingerprint density at radius 1 is 1.38 bits per heavy atom. The van der Waals surface area contributed by atoms with E-state index in [1.807, 2.05) is 0 Å². The van der Waals surface area contributed by atoms with Crippen molar-refractivity contribution in [3.05, 3.63) is 0 Å². The van der Waals surface area contributed by atoms with Crippen LogP contribution in [0.25, 0.3) is 0 Å². The predicted octanol–water partition coefficient (Wildman–Crippen LogP) is 2.89. The van der Waals surface area contributed by atoms with Crippen LogP contribution in [-0.4, -0.2) is 41.1 Å². The van der Waals surface area contributed by atoms with Crippen LogP contribution in [-0.2, 0) is 0 Å². The van der Waals surface area contributed by atoms with E-state index in [1.54, 1.807) is 0 Å². The Morgan fingerprint density at radius 2 is 2.12 bits per heavy atom. The second-order valence-corrected chi connectivity index (χ2v) is 5.96. The summed E-state index contributed by atoms with van der Waals surface area (Å²) in [5, 5.41) is 10.2. The summed E-state index contributed by atoms with van der Waals surface area (Å²) < 4.78 is 0. The molecule has 1 aliphatic heterocycles. The molecular formula is C13H26BrNO. The van der Waals surface area contributed by atoms with Crippen molar-refractivity contribution in [3.8, 4) is 0 Å². The van der Waals surface area contributed by atoms with Gasteiger partial charge in [-0.15, -0.1) is 0 Å². The van der Waals surface area contributed by atoms with Crippen LogP contribution in [0.2, 0.25) is 0 Å². The largest absolute Gasteiger partial charge is 0.396 e. The molecule has 96 valence electrons. The maximum Gasteiger partial charge on any atom is 0.0445 e. The highest BCUT2D eigenvalue weighted by Gasteiger charge is 2.25. The smallest absolute Gasteiger partial charge is 0.0445 e. The van der Waals surface area contributed by atoms with Gasteiger partial charge in [0.05, 0.1) is 0 Å². The summed E-state index contributed by atoms with van der Waals surface area (Å²) >= 11 is 3.63. The molecule has 2 atom stereocenters. The number of halogens is 1. The highest BCUT2D eigenvalue weighted by molar-refractivity contribution is 9.09. The molecule has 0 aliphatic carbocycles. The number of rotatable bonds is 6. The molecule has 2 unspecified atom stereocenters. The van der Waals surface area contributed by atoms with Gasteiger partial charge in [0.1, 0.15) is 0 Å². The summed E-state index contributed by atoms with van der Waals surface area (Å²) in [6, 6.07) is 0.624. The molecular weight excluding hydrogens is 266 g/mol. The number of alkyl halides is 1. The number of nitrogens with zero attached hydrogens (tertiary/aromatic N) is 1. The van der Waals surface area contributed by atoms with Crippen LogP contribution in [0.1, 0.15) is 39.5 Å². The van der Waals surface area contributed by atoms with Crippen molar-refractivity contribution in [2.24, 2.45) is 11.8 Å². The normalized spacial score (nSPS) is 24.9. The molecule has 1 N–H and O–H groups in total. The van der Waals surface area contributed by atoms with Crippen LogP contribution in [0.15, 0.2) is 0 Å². The van der Waals surface area contributed by atoms with E-state index in [1.165, 1.54) is 32.4 Å². The van der Waals surface area contributed by atoms with Gasteiger partial charge in [-0.1, -0.05) is 36.2 Å². The Bertz CT molecular complexity index is 185. The van der Waals surface area contributed by atoms with Crippen LogP contribution in [0.3, 0.4) is 0 Å². The lowest BCUT2D eigenvalue weighted by atomic mass is 9.93. The monoisotopic (exact) mass is 291 g/mol. The van der Waals surface area contributed by atoms with Gasteiger partial charge in [-0.3, -0.25) is 4.90 Å². The quantitative estimate of drug-likeness (QED) is 0.761. The van der Waals surface area contributed by atoms with Gasteiger partial charge in [0.25, 0.3) is 0 Å². The zero-order valence-electron chi connectivity index (χ0n) is 10.7. The Balaban J connectivity index is 2.47. The maximum absolute atomic E-state index is 9.10. The van der Waals surface area contributed by atoms with E-state index in [4.69, 9.17) is 5.11 Å². The van der Waals surface area contributed by atoms with Crippen molar-refractivity contribution >= 4 is 15.9 Å². The van der Waals surface area contributed by atoms with E-state index in [2.05, 4.69) is 34.7 Å². The zero-order valence-corrected chi connectivity index (χ0v) is 12.2. The third-order valence-electron chi connectivity index (χ3n) is 3.82. The predicted molar refractivity (Wildman–Crippen MR) is 73.0 cm³/mol. The van der Waals surface area contributed by atoms with Crippen LogP contribution in [0.5, 0.6) is 0 Å². The highest BCUT2D eigenvalue weighted by Crippen LogP contribution is 2.23. The molecule has 1 fully saturated rings. The van der Waals surface area contributed by atoms with Gasteiger partial charge < -0.3 is 5.11 Å². The Hall–Kier alpha value is 0.400. The highest BCUT2D eigenvalue weighted by atomic mass is 79.9. The van der Waals surface area contributed by atoms with E-state index in [-0.39, 0.29) is 0 Å². The van der Waals surface area contributed by atoms with Gasteiger partial charge in [0, 0.05) is 24.5 Å². The lowest BCUT2D eigenvalue weighted by Gasteiger charge is -2.38. The molecule has 0 aromatic carbocycles. The first-order valence-corrected chi connectivity index (χ1v) is 7.72. The number of hydrogen-bond donors (Lipinski definition) is 1. The van der Waals surface area contributed by atoms with Gasteiger partial charge in [0.2, 0.25) is 0 Å². The summed E-state index contributed by atoms with van der Waals surface area (Å²) in [7, 11) is 0. The summed E-state index contributed by atoms with van der Waals surface area (Å²) in [4.78, 5) is 2.60. The number of hydrogen-bond acceptors (Lipinski definition) is 2. The van der Waals surface area contributed by atoms with Gasteiger partial charge in [-0.05, 0) is 37.6 Å². The molecule has 16 heavy (non-hydrogen) atoms. The van der Waals surface area contributed by atoms with Gasteiger partial charge in [-0.2, -0.15) is 0 Å². The van der Waals surface area contributed by atoms with Crippen molar-refractivity contribution in [3.63, 3.8) is 0 Å². The van der Waals surface area contributed by atoms with Crippen LogP contribution >= 0.6 is 15.9 Å². The molecule has 0 saturated carbocycles. The summed E-state index contributed by atoms with van der Waals surface area (Å²) in [5.74, 6) is 1.47. The van der Waals surface area contributed by atoms with E-state index < -0.39 is 0 Å². The number of aliphatic hydroxyl groups excluding tert-OH is 1. The molecule has 0 aromatic heterocycles. The first kappa shape index (κ1) is 14.5. The third-order valence-corrected chi connectivity index (χ3v) is 4.65. The Morgan fingerprint density at radius 3 is 2.69 bits per heavy atom. The number of likely N-dealkylation sites (tertiary alicyclic amines) is 1. The van der Waals surface area contributed by atoms with Crippen LogP contribution < -0.4 is 0 Å². The van der Waals surface area contributed by atoms with E-state index >= 15 is 0 Å². The standard InChI is InChI=1S/C13H26BrNO/c1-11(2)12(9-14)10-15-7-4-3-5-13(15)6-8-16/h11-13,16H,3-10H2,1-2H3. The molecule has 0 radical (unpaired) electrons. The van der Waals surface area contributed by atoms with E-state index in [9.17, 15) is 0 Å². The molecule has 0 amide bonds. The minimum atomic E-state index is 0.335. The van der Waals surface area contributed by atoms with E-state index in [0.717, 1.165) is 23.6 Å². The second kappa shape index (κ2) is 7.67. The summed E-state index contributed by atoms with van der Waals surface area (Å²) in [6.07, 6.45) is 4.89. The fourth-order valence-electron chi connectivity index (χ4n) is 2.52. The SMILES string of the molecule is CC(C)C(CBr)CN1CCCCC1CCO. The first-order chi connectivity index (χ1) is 7.69. The Kier molecular flexibility index (Phi) is 6.94. The van der Waals surface area contributed by atoms with Gasteiger partial charge in [-0.25, -0.2) is 0 Å². The van der Waals surface area contributed by atoms with Crippen molar-refractivity contribution in [1.82, 2.24) is 4.90 Å². The third kappa shape index (κ3) is 4.34. The van der Waals surface area contributed by atoms with Crippen molar-refractivity contribution in [2.45, 2.75) is 45.6 Å². The molecule has 0 aromatic rings. The molecule has 1 heterocycles. The molecule has 0 bridgehead atoms. The molecule has 3 heteroatoms. The Labute approximate surface area is 109 Å². The molecule has 0 spiro atoms. The molecule has 1 rings (SSSR count). The van der Waals surface area contributed by atoms with Gasteiger partial charge >= 0.3 is 0 Å². The molecule has 1 saturated heterocycles. The second-order valence-electron chi connectivity index (χ2n) is 5.32. The topological polar surface area (TPSA) is 23.5 Å². The fraction of sp³-hybridized carbons (Fsp3) is 1.00. The first-order valence-electron chi connectivity index (χ1n) is 6.60. The van der Waals surface area contributed by atoms with Crippen LogP contribution in [0.4, 0.5) is 0 Å². The average molecular weight is 292 g/mol. The summed E-state index contributed by atoms with van der Waals surface area (Å²) in [6.45, 7) is 7.35. The lowest BCUT2D eigenvalue weighted by molar-refractivity contribution is 0.0969. The number of aliphatic hydroxyl groups is 1. The number of piperidine rings is 1. The van der Waals surface area contributed by atoms with Crippen LogP contribution in [0, 0.1) is 11.8 Å². The van der Waals surface area contributed by atoms with Crippen molar-refractivity contribution in [2.75, 3.05) is 25.0 Å². The zero-order chi connectivity index (χ0) is 12.0. The van der Waals surface area contributed by atoms with Crippen molar-refractivity contribution < 1.29 is 5.11 Å². The molecule has 2 nitrogen and oxygen atoms in total. The fourth-order valence-corrected chi connectivity index (χ4v) is 3.47. The minimum absolute atomic E-state index is 0.335. The average Bonchev–Trinajstić information content (AvgIpc) is 2.27. The maximum atomic E-state index is 9.10.